The lowest BCUT2D eigenvalue weighted by atomic mass is 9.99. The topological polar surface area (TPSA) is 149 Å². The third-order valence-electron chi connectivity index (χ3n) is 12.9. The van der Waals surface area contributed by atoms with E-state index >= 15 is 0 Å². The maximum absolute atomic E-state index is 13.0. The van der Waals surface area contributed by atoms with E-state index in [1.54, 1.807) is 0 Å². The number of aliphatic hydroxyl groups excluding tert-OH is 5. The van der Waals surface area contributed by atoms with Gasteiger partial charge in [0.25, 0.3) is 0 Å². The lowest BCUT2D eigenvalue weighted by molar-refractivity contribution is -0.302. The van der Waals surface area contributed by atoms with Crippen LogP contribution in [0.25, 0.3) is 0 Å². The lowest BCUT2D eigenvalue weighted by Gasteiger charge is -2.40. The van der Waals surface area contributed by atoms with Crippen molar-refractivity contribution in [3.8, 4) is 0 Å². The molecule has 1 fully saturated rings. The number of aliphatic hydroxyl groups is 5. The van der Waals surface area contributed by atoms with E-state index in [2.05, 4.69) is 129 Å². The van der Waals surface area contributed by atoms with Gasteiger partial charge >= 0.3 is 0 Å². The number of carbonyl (C=O) groups excluding carboxylic acids is 1. The molecule has 7 unspecified atom stereocenters. The van der Waals surface area contributed by atoms with Crippen LogP contribution in [-0.2, 0) is 14.3 Å². The van der Waals surface area contributed by atoms with Crippen LogP contribution in [0, 0.1) is 0 Å². The fraction of sp³-hybridized carbons (Fsp3) is 0.694. The Morgan fingerprint density at radius 1 is 0.493 bits per heavy atom. The van der Waals surface area contributed by atoms with E-state index in [9.17, 15) is 30.3 Å². The zero-order valence-corrected chi connectivity index (χ0v) is 44.9. The molecule has 0 aromatic carbocycles. The standard InChI is InChI=1S/C62H105NO8/c1-3-5-7-9-11-13-14-15-16-17-18-19-20-21-22-23-24-25-26-27-28-29-30-31-32-33-34-35-36-37-38-39-40-41-42-44-46-48-50-52-58(66)63-55(56(65)51-49-47-45-43-12-10-8-6-4-2)54-70-62-61(69)60(68)59(67)57(53-64)71-62/h5,7,11,13,15-16,18-19,21-22,24-25,27-28,30-31,33-34,55-57,59-62,64-65,67-69H,3-4,6,8-10,12,14,17,20,23,26,29,32,35-54H2,1-2H3,(H,63,66)/b7-5-,13-11-,16-15-,19-18-,22-21-,25-24-,28-27-,31-30-,34-33-. The molecule has 1 rings (SSSR count). The average molecular weight is 993 g/mol. The molecule has 1 saturated heterocycles. The van der Waals surface area contributed by atoms with Gasteiger partial charge in [-0.3, -0.25) is 4.79 Å². The quantitative estimate of drug-likeness (QED) is 0.0261. The number of rotatable bonds is 47. The van der Waals surface area contributed by atoms with Crippen LogP contribution in [0.2, 0.25) is 0 Å². The molecule has 0 spiro atoms. The van der Waals surface area contributed by atoms with Crippen molar-refractivity contribution in [1.29, 1.82) is 0 Å². The van der Waals surface area contributed by atoms with Gasteiger partial charge in [-0.05, 0) is 83.5 Å². The summed E-state index contributed by atoms with van der Waals surface area (Å²) >= 11 is 0. The molecule has 0 radical (unpaired) electrons. The van der Waals surface area contributed by atoms with E-state index < -0.39 is 49.5 Å². The fourth-order valence-corrected chi connectivity index (χ4v) is 8.39. The molecule has 1 aliphatic rings. The highest BCUT2D eigenvalue weighted by Gasteiger charge is 2.44. The zero-order valence-electron chi connectivity index (χ0n) is 44.9. The van der Waals surface area contributed by atoms with Crippen LogP contribution in [0.15, 0.2) is 109 Å². The average Bonchev–Trinajstić information content (AvgIpc) is 3.37. The molecular weight excluding hydrogens is 887 g/mol. The largest absolute Gasteiger partial charge is 0.394 e. The van der Waals surface area contributed by atoms with Gasteiger partial charge in [0.05, 0.1) is 25.4 Å². The fourth-order valence-electron chi connectivity index (χ4n) is 8.39. The lowest BCUT2D eigenvalue weighted by Crippen LogP contribution is -2.60. The normalized spacial score (nSPS) is 20.1. The Morgan fingerprint density at radius 2 is 0.873 bits per heavy atom. The van der Waals surface area contributed by atoms with Crippen molar-refractivity contribution in [1.82, 2.24) is 5.32 Å². The molecule has 0 bridgehead atoms. The van der Waals surface area contributed by atoms with Gasteiger partial charge in [0, 0.05) is 6.42 Å². The summed E-state index contributed by atoms with van der Waals surface area (Å²) in [6.07, 6.45) is 67.1. The Morgan fingerprint density at radius 3 is 1.30 bits per heavy atom. The Hall–Kier alpha value is -3.15. The van der Waals surface area contributed by atoms with Crippen molar-refractivity contribution in [3.63, 3.8) is 0 Å². The first-order chi connectivity index (χ1) is 34.8. The number of hydrogen-bond acceptors (Lipinski definition) is 8. The van der Waals surface area contributed by atoms with E-state index in [1.165, 1.54) is 89.9 Å². The number of ether oxygens (including phenoxy) is 2. The van der Waals surface area contributed by atoms with Crippen LogP contribution in [0.1, 0.15) is 219 Å². The van der Waals surface area contributed by atoms with Crippen LogP contribution < -0.4 is 5.32 Å². The summed E-state index contributed by atoms with van der Waals surface area (Å²) < 4.78 is 11.3. The first-order valence-electron chi connectivity index (χ1n) is 28.6. The van der Waals surface area contributed by atoms with Gasteiger partial charge in [-0.2, -0.15) is 0 Å². The molecule has 6 N–H and O–H groups in total. The van der Waals surface area contributed by atoms with Gasteiger partial charge < -0.3 is 40.3 Å². The highest BCUT2D eigenvalue weighted by atomic mass is 16.7. The number of hydrogen-bond donors (Lipinski definition) is 6. The van der Waals surface area contributed by atoms with Crippen LogP contribution in [-0.4, -0.2) is 87.5 Å². The van der Waals surface area contributed by atoms with Gasteiger partial charge in [-0.25, -0.2) is 0 Å². The Bertz CT molecular complexity index is 1480. The number of amides is 1. The predicted molar refractivity (Wildman–Crippen MR) is 299 cm³/mol. The SMILES string of the molecule is CC/C=C\C/C=C\C/C=C\C/C=C\C/C=C\C/C=C\C/C=C\C/C=C\C/C=C\CCCCCCCCCCCCCC(=O)NC(COC1OC(CO)C(O)C(O)C1O)C(O)CCCCCCCCCCC. The minimum Gasteiger partial charge on any atom is -0.394 e. The molecule has 7 atom stereocenters. The van der Waals surface area contributed by atoms with Crippen molar-refractivity contribution in [2.24, 2.45) is 0 Å². The highest BCUT2D eigenvalue weighted by molar-refractivity contribution is 5.76. The summed E-state index contributed by atoms with van der Waals surface area (Å²) in [6, 6.07) is -0.725. The molecule has 1 aliphatic heterocycles. The molecule has 71 heavy (non-hydrogen) atoms. The van der Waals surface area contributed by atoms with Crippen LogP contribution in [0.4, 0.5) is 0 Å². The molecule has 0 aromatic rings. The molecule has 0 aromatic heterocycles. The number of nitrogens with one attached hydrogen (secondary N) is 1. The monoisotopic (exact) mass is 992 g/mol. The first-order valence-corrected chi connectivity index (χ1v) is 28.6. The minimum absolute atomic E-state index is 0.144. The smallest absolute Gasteiger partial charge is 0.220 e. The summed E-state index contributed by atoms with van der Waals surface area (Å²) in [4.78, 5) is 13.0. The second-order valence-electron chi connectivity index (χ2n) is 19.4. The van der Waals surface area contributed by atoms with Crippen LogP contribution in [0.5, 0.6) is 0 Å². The van der Waals surface area contributed by atoms with E-state index in [4.69, 9.17) is 9.47 Å². The van der Waals surface area contributed by atoms with Gasteiger partial charge in [0.1, 0.15) is 24.4 Å². The highest BCUT2D eigenvalue weighted by Crippen LogP contribution is 2.23. The van der Waals surface area contributed by atoms with E-state index in [-0.39, 0.29) is 12.5 Å². The number of allylic oxidation sites excluding steroid dienone is 18. The van der Waals surface area contributed by atoms with Crippen LogP contribution >= 0.6 is 0 Å². The summed E-state index contributed by atoms with van der Waals surface area (Å²) in [7, 11) is 0. The molecule has 406 valence electrons. The maximum atomic E-state index is 13.0. The summed E-state index contributed by atoms with van der Waals surface area (Å²) in [5, 5.41) is 54.4. The van der Waals surface area contributed by atoms with E-state index in [1.807, 2.05) is 0 Å². The van der Waals surface area contributed by atoms with E-state index in [0.29, 0.717) is 12.8 Å². The van der Waals surface area contributed by atoms with Gasteiger partial charge in [0.2, 0.25) is 5.91 Å². The molecular formula is C62H105NO8. The van der Waals surface area contributed by atoms with Crippen molar-refractivity contribution in [2.75, 3.05) is 13.2 Å². The van der Waals surface area contributed by atoms with Gasteiger partial charge in [-0.1, -0.05) is 239 Å². The molecule has 9 heteroatoms. The van der Waals surface area contributed by atoms with E-state index in [0.717, 1.165) is 103 Å². The van der Waals surface area contributed by atoms with Crippen molar-refractivity contribution in [3.05, 3.63) is 109 Å². The molecule has 0 saturated carbocycles. The summed E-state index contributed by atoms with van der Waals surface area (Å²) in [5.41, 5.74) is 0. The van der Waals surface area contributed by atoms with Crippen LogP contribution in [0.3, 0.4) is 0 Å². The number of unbranched alkanes of at least 4 members (excludes halogenated alkanes) is 19. The molecule has 1 heterocycles. The second kappa shape index (κ2) is 50.4. The van der Waals surface area contributed by atoms with Crippen molar-refractivity contribution >= 4 is 5.91 Å². The Balaban J connectivity index is 2.09. The summed E-state index contributed by atoms with van der Waals surface area (Å²) in [6.45, 7) is 3.68. The van der Waals surface area contributed by atoms with Gasteiger partial charge in [-0.15, -0.1) is 0 Å². The summed E-state index contributed by atoms with van der Waals surface area (Å²) in [5.74, 6) is -0.154. The molecule has 0 aliphatic carbocycles. The predicted octanol–water partition coefficient (Wildman–Crippen LogP) is 14.2. The van der Waals surface area contributed by atoms with Crippen molar-refractivity contribution in [2.45, 2.75) is 262 Å². The zero-order chi connectivity index (χ0) is 51.5. The third kappa shape index (κ3) is 40.0. The third-order valence-corrected chi connectivity index (χ3v) is 12.9. The van der Waals surface area contributed by atoms with Crippen molar-refractivity contribution < 1.29 is 39.8 Å². The molecule has 9 nitrogen and oxygen atoms in total. The Kier molecular flexibility index (Phi) is 46.7. The maximum Gasteiger partial charge on any atom is 0.220 e. The molecule has 1 amide bonds. The Labute approximate surface area is 434 Å². The van der Waals surface area contributed by atoms with Gasteiger partial charge in [0.15, 0.2) is 6.29 Å². The minimum atomic E-state index is -1.56. The number of carbonyl (C=O) groups is 1. The first kappa shape index (κ1) is 65.9. The second-order valence-corrected chi connectivity index (χ2v) is 19.4.